The van der Waals surface area contributed by atoms with Crippen LogP contribution in [0.25, 0.3) is 5.65 Å². The van der Waals surface area contributed by atoms with Crippen LogP contribution in [0.3, 0.4) is 0 Å². The van der Waals surface area contributed by atoms with E-state index in [2.05, 4.69) is 19.5 Å². The van der Waals surface area contributed by atoms with Crippen LogP contribution in [0.4, 0.5) is 0 Å². The number of rotatable bonds is 4. The number of aromatic nitrogens is 3. The van der Waals surface area contributed by atoms with Gasteiger partial charge in [0.15, 0.2) is 5.65 Å². The predicted octanol–water partition coefficient (Wildman–Crippen LogP) is 0.826. The smallest absolute Gasteiger partial charge is 0.161 e. The second kappa shape index (κ2) is 5.04. The van der Waals surface area contributed by atoms with E-state index in [0.717, 1.165) is 30.1 Å². The van der Waals surface area contributed by atoms with E-state index >= 15 is 0 Å². The van der Waals surface area contributed by atoms with Gasteiger partial charge in [0.25, 0.3) is 0 Å². The second-order valence-electron chi connectivity index (χ2n) is 4.83. The van der Waals surface area contributed by atoms with Crippen LogP contribution in [-0.2, 0) is 13.0 Å². The number of nitrogens with zero attached hydrogens (tertiary/aromatic N) is 4. The summed E-state index contributed by atoms with van der Waals surface area (Å²) in [6.45, 7) is 4.03. The molecule has 0 aliphatic carbocycles. The Kier molecular flexibility index (Phi) is 3.25. The molecule has 0 aromatic carbocycles. The summed E-state index contributed by atoms with van der Waals surface area (Å²) >= 11 is 0. The molecule has 0 spiro atoms. The van der Waals surface area contributed by atoms with E-state index < -0.39 is 0 Å². The fraction of sp³-hybridized carbons (Fsp3) is 0.538. The Morgan fingerprint density at radius 3 is 2.78 bits per heavy atom. The van der Waals surface area contributed by atoms with Gasteiger partial charge in [0.2, 0.25) is 0 Å². The Morgan fingerprint density at radius 2 is 2.00 bits per heavy atom. The van der Waals surface area contributed by atoms with Crippen molar-refractivity contribution in [3.63, 3.8) is 0 Å². The highest BCUT2D eigenvalue weighted by Crippen LogP contribution is 2.11. The van der Waals surface area contributed by atoms with Crippen LogP contribution < -0.4 is 5.73 Å². The van der Waals surface area contributed by atoms with Crippen LogP contribution in [0.15, 0.2) is 18.2 Å². The minimum Gasteiger partial charge on any atom is -0.325 e. The first-order valence-corrected chi connectivity index (χ1v) is 6.63. The van der Waals surface area contributed by atoms with Crippen molar-refractivity contribution in [3.8, 4) is 0 Å². The van der Waals surface area contributed by atoms with Crippen LogP contribution in [0, 0.1) is 0 Å². The first-order chi connectivity index (χ1) is 8.88. The zero-order chi connectivity index (χ0) is 12.4. The molecule has 2 aromatic heterocycles. The Labute approximate surface area is 107 Å². The number of nitrogens with two attached hydrogens (primary N) is 1. The van der Waals surface area contributed by atoms with Crippen LogP contribution >= 0.6 is 0 Å². The molecule has 5 nitrogen and oxygen atoms in total. The van der Waals surface area contributed by atoms with Crippen molar-refractivity contribution in [2.24, 2.45) is 5.73 Å². The second-order valence-corrected chi connectivity index (χ2v) is 4.83. The van der Waals surface area contributed by atoms with Gasteiger partial charge in [0, 0.05) is 25.2 Å². The summed E-state index contributed by atoms with van der Waals surface area (Å²) in [4.78, 5) is 2.49. The summed E-state index contributed by atoms with van der Waals surface area (Å²) in [5, 5.41) is 8.51. The lowest BCUT2D eigenvalue weighted by Crippen LogP contribution is -2.23. The first-order valence-electron chi connectivity index (χ1n) is 6.63. The Morgan fingerprint density at radius 1 is 1.17 bits per heavy atom. The molecule has 0 atom stereocenters. The number of hydrogen-bond donors (Lipinski definition) is 1. The maximum absolute atomic E-state index is 5.78. The minimum absolute atomic E-state index is 0.520. The van der Waals surface area contributed by atoms with Gasteiger partial charge in [-0.2, -0.15) is 0 Å². The van der Waals surface area contributed by atoms with Gasteiger partial charge < -0.3 is 10.6 Å². The minimum atomic E-state index is 0.520. The van der Waals surface area contributed by atoms with Crippen LogP contribution in [0.5, 0.6) is 0 Å². The highest BCUT2D eigenvalue weighted by atomic mass is 15.3. The number of likely N-dealkylation sites (tertiary alicyclic amines) is 1. The van der Waals surface area contributed by atoms with Crippen molar-refractivity contribution < 1.29 is 0 Å². The number of pyridine rings is 1. The maximum atomic E-state index is 5.78. The summed E-state index contributed by atoms with van der Waals surface area (Å²) in [5.74, 6) is 1.03. The fourth-order valence-corrected chi connectivity index (χ4v) is 2.66. The summed E-state index contributed by atoms with van der Waals surface area (Å²) in [6, 6.07) is 6.00. The SMILES string of the molecule is NCc1cccc2nnc(CCN3CCCC3)n12. The molecule has 1 fully saturated rings. The van der Waals surface area contributed by atoms with Gasteiger partial charge in [-0.25, -0.2) is 0 Å². The van der Waals surface area contributed by atoms with Crippen molar-refractivity contribution in [2.75, 3.05) is 19.6 Å². The van der Waals surface area contributed by atoms with Crippen LogP contribution in [-0.4, -0.2) is 39.1 Å². The van der Waals surface area contributed by atoms with E-state index in [4.69, 9.17) is 5.73 Å². The number of hydrogen-bond acceptors (Lipinski definition) is 4. The summed E-state index contributed by atoms with van der Waals surface area (Å²) in [6.07, 6.45) is 3.60. The van der Waals surface area contributed by atoms with Crippen molar-refractivity contribution in [1.82, 2.24) is 19.5 Å². The number of fused-ring (bicyclic) bond motifs is 1. The van der Waals surface area contributed by atoms with Gasteiger partial charge in [-0.1, -0.05) is 6.07 Å². The first kappa shape index (κ1) is 11.6. The van der Waals surface area contributed by atoms with Gasteiger partial charge in [-0.05, 0) is 38.1 Å². The van der Waals surface area contributed by atoms with Gasteiger partial charge in [0.1, 0.15) is 5.82 Å². The summed E-state index contributed by atoms with van der Waals surface area (Å²) < 4.78 is 2.09. The van der Waals surface area contributed by atoms with Crippen molar-refractivity contribution in [1.29, 1.82) is 0 Å². The average molecular weight is 245 g/mol. The van der Waals surface area contributed by atoms with E-state index in [0.29, 0.717) is 6.54 Å². The molecule has 0 saturated carbocycles. The Bertz CT molecular complexity index is 527. The molecule has 0 unspecified atom stereocenters. The normalized spacial score (nSPS) is 16.7. The lowest BCUT2D eigenvalue weighted by Gasteiger charge is -2.13. The van der Waals surface area contributed by atoms with E-state index in [9.17, 15) is 0 Å². The zero-order valence-electron chi connectivity index (χ0n) is 10.5. The van der Waals surface area contributed by atoms with Crippen molar-refractivity contribution in [2.45, 2.75) is 25.8 Å². The average Bonchev–Trinajstić information content (AvgIpc) is 3.05. The van der Waals surface area contributed by atoms with E-state index in [1.165, 1.54) is 25.9 Å². The fourth-order valence-electron chi connectivity index (χ4n) is 2.66. The molecule has 0 amide bonds. The molecule has 18 heavy (non-hydrogen) atoms. The molecule has 1 saturated heterocycles. The Balaban J connectivity index is 1.82. The predicted molar refractivity (Wildman–Crippen MR) is 70.3 cm³/mol. The molecule has 0 bridgehead atoms. The van der Waals surface area contributed by atoms with E-state index in [1.807, 2.05) is 18.2 Å². The summed E-state index contributed by atoms with van der Waals surface area (Å²) in [7, 11) is 0. The van der Waals surface area contributed by atoms with E-state index in [-0.39, 0.29) is 0 Å². The van der Waals surface area contributed by atoms with Crippen LogP contribution in [0.1, 0.15) is 24.4 Å². The van der Waals surface area contributed by atoms with Gasteiger partial charge >= 0.3 is 0 Å². The maximum Gasteiger partial charge on any atom is 0.161 e. The zero-order valence-corrected chi connectivity index (χ0v) is 10.5. The standard InChI is InChI=1S/C13H19N5/c14-10-11-4-3-5-12-15-16-13(18(11)12)6-9-17-7-1-2-8-17/h3-5H,1-2,6-10,14H2. The largest absolute Gasteiger partial charge is 0.325 e. The van der Waals surface area contributed by atoms with Gasteiger partial charge in [0.05, 0.1) is 0 Å². The van der Waals surface area contributed by atoms with Crippen molar-refractivity contribution in [3.05, 3.63) is 29.7 Å². The molecular weight excluding hydrogens is 226 g/mol. The molecule has 3 heterocycles. The lowest BCUT2D eigenvalue weighted by atomic mass is 10.3. The third-order valence-electron chi connectivity index (χ3n) is 3.64. The molecule has 0 radical (unpaired) electrons. The lowest BCUT2D eigenvalue weighted by molar-refractivity contribution is 0.340. The molecule has 1 aliphatic rings. The molecule has 2 aromatic rings. The Hall–Kier alpha value is -1.46. The highest BCUT2D eigenvalue weighted by molar-refractivity contribution is 5.39. The highest BCUT2D eigenvalue weighted by Gasteiger charge is 2.14. The third kappa shape index (κ3) is 2.11. The van der Waals surface area contributed by atoms with Gasteiger partial charge in [-0.15, -0.1) is 10.2 Å². The topological polar surface area (TPSA) is 59.5 Å². The monoisotopic (exact) mass is 245 g/mol. The quantitative estimate of drug-likeness (QED) is 0.866. The molecule has 3 rings (SSSR count). The van der Waals surface area contributed by atoms with Gasteiger partial charge in [-0.3, -0.25) is 4.40 Å². The van der Waals surface area contributed by atoms with E-state index in [1.54, 1.807) is 0 Å². The molecular formula is C13H19N5. The molecule has 5 heteroatoms. The van der Waals surface area contributed by atoms with Crippen molar-refractivity contribution >= 4 is 5.65 Å². The third-order valence-corrected chi connectivity index (χ3v) is 3.64. The summed E-state index contributed by atoms with van der Waals surface area (Å²) in [5.41, 5.74) is 7.75. The van der Waals surface area contributed by atoms with Crippen LogP contribution in [0.2, 0.25) is 0 Å². The molecule has 2 N–H and O–H groups in total. The molecule has 96 valence electrons. The molecule has 1 aliphatic heterocycles.